The minimum atomic E-state index is -4.96. The Morgan fingerprint density at radius 1 is 0.269 bits per heavy atom. The van der Waals surface area contributed by atoms with E-state index < -0.39 is 97.5 Å². The summed E-state index contributed by atoms with van der Waals surface area (Å²) in [5, 5.41) is 10.7. The summed E-state index contributed by atoms with van der Waals surface area (Å²) in [5.41, 5.74) is 0. The van der Waals surface area contributed by atoms with E-state index in [1.54, 1.807) is 0 Å². The second-order valence-electron chi connectivity index (χ2n) is 31.1. The molecule has 4 unspecified atom stereocenters. The summed E-state index contributed by atoms with van der Waals surface area (Å²) in [7, 11) is -9.92. The van der Waals surface area contributed by atoms with Crippen LogP contribution in [0.15, 0.2) is 0 Å². The molecule has 0 bridgehead atoms. The molecule has 0 aromatic carbocycles. The molecule has 0 aromatic rings. The number of aliphatic hydroxyl groups is 1. The van der Waals surface area contributed by atoms with Crippen molar-refractivity contribution < 1.29 is 80.2 Å². The zero-order valence-electron chi connectivity index (χ0n) is 68.3. The molecular formula is C85H166O17P2. The molecule has 0 fully saturated rings. The Bertz CT molecular complexity index is 2000. The fourth-order valence-electron chi connectivity index (χ4n) is 13.2. The van der Waals surface area contributed by atoms with Gasteiger partial charge in [0.05, 0.1) is 26.4 Å². The molecule has 0 aliphatic heterocycles. The SMILES string of the molecule is CCCCCCCCCCCCCCCCCC(=O)O[C@H](COC(=O)CCCCCCCCCCC)COP(=O)(O)OC[C@H](O)COP(=O)(O)OC[C@@H](COC(=O)CCCCCCCCCCCCCCCCC(C)CC)OC(=O)CCCCCCCCCCCCCCCCCCCCC(C)CC. The molecule has 0 aliphatic carbocycles. The lowest BCUT2D eigenvalue weighted by molar-refractivity contribution is -0.161. The van der Waals surface area contributed by atoms with E-state index in [9.17, 15) is 43.2 Å². The molecule has 19 heteroatoms. The lowest BCUT2D eigenvalue weighted by atomic mass is 9.99. The van der Waals surface area contributed by atoms with Gasteiger partial charge >= 0.3 is 39.5 Å². The van der Waals surface area contributed by atoms with E-state index in [0.717, 1.165) is 102 Å². The van der Waals surface area contributed by atoms with Crippen LogP contribution in [-0.4, -0.2) is 96.7 Å². The number of hydrogen-bond acceptors (Lipinski definition) is 15. The van der Waals surface area contributed by atoms with E-state index in [1.807, 2.05) is 0 Å². The van der Waals surface area contributed by atoms with Crippen LogP contribution in [-0.2, 0) is 65.4 Å². The first kappa shape index (κ1) is 102. The lowest BCUT2D eigenvalue weighted by Crippen LogP contribution is -2.30. The van der Waals surface area contributed by atoms with Gasteiger partial charge in [-0.1, -0.05) is 401 Å². The van der Waals surface area contributed by atoms with Gasteiger partial charge in [-0.15, -0.1) is 0 Å². The Hall–Kier alpha value is -1.94. The van der Waals surface area contributed by atoms with E-state index in [2.05, 4.69) is 41.5 Å². The monoisotopic (exact) mass is 1520 g/mol. The second kappa shape index (κ2) is 76.4. The fourth-order valence-corrected chi connectivity index (χ4v) is 14.8. The topological polar surface area (TPSA) is 237 Å². The Labute approximate surface area is 638 Å². The number of ether oxygens (including phenoxy) is 4. The molecule has 0 spiro atoms. The van der Waals surface area contributed by atoms with Gasteiger partial charge in [-0.25, -0.2) is 9.13 Å². The molecule has 0 aromatic heterocycles. The molecule has 618 valence electrons. The van der Waals surface area contributed by atoms with E-state index >= 15 is 0 Å². The van der Waals surface area contributed by atoms with Gasteiger partial charge in [-0.05, 0) is 37.5 Å². The molecule has 0 rings (SSSR count). The van der Waals surface area contributed by atoms with E-state index in [-0.39, 0.29) is 25.7 Å². The molecule has 0 saturated carbocycles. The summed E-state index contributed by atoms with van der Waals surface area (Å²) in [6.07, 6.45) is 67.9. The van der Waals surface area contributed by atoms with Crippen LogP contribution in [0.25, 0.3) is 0 Å². The molecule has 0 heterocycles. The number of aliphatic hydroxyl groups excluding tert-OH is 1. The Balaban J connectivity index is 5.21. The molecule has 7 atom stereocenters. The Morgan fingerprint density at radius 3 is 0.683 bits per heavy atom. The number of phosphoric acid groups is 2. The van der Waals surface area contributed by atoms with Gasteiger partial charge in [0, 0.05) is 25.7 Å². The number of unbranched alkanes of at least 4 members (excludes halogenated alkanes) is 52. The van der Waals surface area contributed by atoms with E-state index in [0.29, 0.717) is 25.7 Å². The van der Waals surface area contributed by atoms with Crippen LogP contribution >= 0.6 is 15.6 Å². The molecule has 3 N–H and O–H groups in total. The van der Waals surface area contributed by atoms with E-state index in [4.69, 9.17) is 37.0 Å². The first-order valence-corrected chi connectivity index (χ1v) is 47.1. The first-order valence-electron chi connectivity index (χ1n) is 44.1. The number of rotatable bonds is 84. The van der Waals surface area contributed by atoms with Crippen LogP contribution in [0.5, 0.6) is 0 Å². The highest BCUT2D eigenvalue weighted by Gasteiger charge is 2.30. The predicted molar refractivity (Wildman–Crippen MR) is 428 cm³/mol. The minimum Gasteiger partial charge on any atom is -0.462 e. The van der Waals surface area contributed by atoms with Gasteiger partial charge in [0.1, 0.15) is 19.3 Å². The highest BCUT2D eigenvalue weighted by molar-refractivity contribution is 7.47. The van der Waals surface area contributed by atoms with Crippen LogP contribution in [0.4, 0.5) is 0 Å². The summed E-state index contributed by atoms with van der Waals surface area (Å²) >= 11 is 0. The highest BCUT2D eigenvalue weighted by Crippen LogP contribution is 2.45. The van der Waals surface area contributed by atoms with Crippen LogP contribution in [0.1, 0.15) is 452 Å². The first-order chi connectivity index (χ1) is 50.4. The zero-order valence-corrected chi connectivity index (χ0v) is 70.1. The number of carbonyl (C=O) groups excluding carboxylic acids is 4. The largest absolute Gasteiger partial charge is 0.472 e. The summed E-state index contributed by atoms with van der Waals surface area (Å²) in [4.78, 5) is 73.1. The standard InChI is InChI=1S/C85H166O17P2/c1-7-11-13-15-17-19-20-21-26-34-39-45-51-57-63-69-84(89)101-80(73-95-82(87)67-61-55-49-41-18-16-14-12-8-2)75-99-103(91,92)97-71-79(86)72-98-104(93,94)100-76-81(74-96-83(88)68-62-56-50-44-38-33-30-29-32-37-43-48-54-60-66-78(6)10-4)102-85(90)70-64-58-52-46-40-35-28-25-23-22-24-27-31-36-42-47-53-59-65-77(5)9-3/h77-81,86H,7-76H2,1-6H3,(H,91,92)(H,93,94)/t77?,78?,79-,80+,81+/m0/s1. The third kappa shape index (κ3) is 75.5. The second-order valence-corrected chi connectivity index (χ2v) is 34.0. The molecule has 0 amide bonds. The summed E-state index contributed by atoms with van der Waals surface area (Å²) in [5.74, 6) is -0.382. The van der Waals surface area contributed by atoms with Gasteiger partial charge in [-0.3, -0.25) is 37.3 Å². The van der Waals surface area contributed by atoms with Crippen molar-refractivity contribution >= 4 is 39.5 Å². The maximum absolute atomic E-state index is 13.1. The van der Waals surface area contributed by atoms with Crippen molar-refractivity contribution in [2.45, 2.75) is 471 Å². The van der Waals surface area contributed by atoms with Crippen LogP contribution in [0, 0.1) is 11.8 Å². The average molecular weight is 1520 g/mol. The molecule has 104 heavy (non-hydrogen) atoms. The van der Waals surface area contributed by atoms with Crippen molar-refractivity contribution in [3.05, 3.63) is 0 Å². The third-order valence-electron chi connectivity index (χ3n) is 20.7. The quantitative estimate of drug-likeness (QED) is 0.0222. The van der Waals surface area contributed by atoms with Crippen LogP contribution < -0.4 is 0 Å². The molecule has 0 aliphatic rings. The molecule has 17 nitrogen and oxygen atoms in total. The molecule has 0 radical (unpaired) electrons. The number of carbonyl (C=O) groups is 4. The smallest absolute Gasteiger partial charge is 0.462 e. The van der Waals surface area contributed by atoms with Gasteiger partial charge in [0.2, 0.25) is 0 Å². The van der Waals surface area contributed by atoms with Crippen molar-refractivity contribution in [3.63, 3.8) is 0 Å². The lowest BCUT2D eigenvalue weighted by Gasteiger charge is -2.21. The maximum Gasteiger partial charge on any atom is 0.472 e. The van der Waals surface area contributed by atoms with Crippen LogP contribution in [0.2, 0.25) is 0 Å². The van der Waals surface area contributed by atoms with Crippen molar-refractivity contribution in [2.75, 3.05) is 39.6 Å². The van der Waals surface area contributed by atoms with Gasteiger partial charge in [0.25, 0.3) is 0 Å². The van der Waals surface area contributed by atoms with Crippen LogP contribution in [0.3, 0.4) is 0 Å². The molecular weight excluding hydrogens is 1350 g/mol. The highest BCUT2D eigenvalue weighted by atomic mass is 31.2. The van der Waals surface area contributed by atoms with Crippen molar-refractivity contribution in [1.29, 1.82) is 0 Å². The summed E-state index contributed by atoms with van der Waals surface area (Å²) < 4.78 is 68.8. The number of esters is 4. The summed E-state index contributed by atoms with van der Waals surface area (Å²) in [6, 6.07) is 0. The molecule has 0 saturated heterocycles. The van der Waals surface area contributed by atoms with Crippen molar-refractivity contribution in [2.24, 2.45) is 11.8 Å². The van der Waals surface area contributed by atoms with Gasteiger partial charge in [-0.2, -0.15) is 0 Å². The van der Waals surface area contributed by atoms with Crippen molar-refractivity contribution in [3.8, 4) is 0 Å². The van der Waals surface area contributed by atoms with E-state index in [1.165, 1.54) is 270 Å². The Morgan fingerprint density at radius 2 is 0.462 bits per heavy atom. The predicted octanol–water partition coefficient (Wildman–Crippen LogP) is 25.8. The normalized spacial score (nSPS) is 14.4. The third-order valence-corrected chi connectivity index (χ3v) is 22.6. The van der Waals surface area contributed by atoms with Gasteiger partial charge in [0.15, 0.2) is 12.2 Å². The zero-order chi connectivity index (χ0) is 76.4. The maximum atomic E-state index is 13.1. The number of hydrogen-bond donors (Lipinski definition) is 3. The summed E-state index contributed by atoms with van der Waals surface area (Å²) in [6.45, 7) is 9.77. The minimum absolute atomic E-state index is 0.108. The van der Waals surface area contributed by atoms with Crippen molar-refractivity contribution in [1.82, 2.24) is 0 Å². The number of phosphoric ester groups is 2. The average Bonchev–Trinajstić information content (AvgIpc) is 0.911. The Kier molecular flexibility index (Phi) is 75.0. The van der Waals surface area contributed by atoms with Gasteiger partial charge < -0.3 is 33.8 Å². The fraction of sp³-hybridized carbons (Fsp3) is 0.953.